The number of hydrogen-bond acceptors (Lipinski definition) is 2. The highest BCUT2D eigenvalue weighted by atomic mass is 15.2. The third kappa shape index (κ3) is 3.03. The molecule has 1 saturated heterocycles. The number of hydrogen-bond donors (Lipinski definition) is 1. The second-order valence-electron chi connectivity index (χ2n) is 6.34. The van der Waals surface area contributed by atoms with E-state index in [1.165, 1.54) is 58.0 Å². The maximum absolute atomic E-state index is 3.89. The fourth-order valence-corrected chi connectivity index (χ4v) is 3.66. The van der Waals surface area contributed by atoms with Crippen LogP contribution in [0.5, 0.6) is 0 Å². The summed E-state index contributed by atoms with van der Waals surface area (Å²) < 4.78 is 0. The van der Waals surface area contributed by atoms with Crippen molar-refractivity contribution in [3.05, 3.63) is 0 Å². The Morgan fingerprint density at radius 2 is 2.00 bits per heavy atom. The van der Waals surface area contributed by atoms with Crippen LogP contribution in [0.15, 0.2) is 0 Å². The van der Waals surface area contributed by atoms with Gasteiger partial charge in [-0.05, 0) is 46.1 Å². The predicted octanol–water partition coefficient (Wildman–Crippen LogP) is 3.17. The Morgan fingerprint density at radius 3 is 2.65 bits per heavy atom. The van der Waals surface area contributed by atoms with Crippen LogP contribution in [0.3, 0.4) is 0 Å². The average molecular weight is 238 g/mol. The Bertz CT molecular complexity index is 233. The molecule has 0 aromatic carbocycles. The third-order valence-corrected chi connectivity index (χ3v) is 5.08. The van der Waals surface area contributed by atoms with E-state index in [4.69, 9.17) is 0 Å². The van der Waals surface area contributed by atoms with Gasteiger partial charge in [0.1, 0.15) is 0 Å². The lowest BCUT2D eigenvalue weighted by Crippen LogP contribution is -2.54. The predicted molar refractivity (Wildman–Crippen MR) is 74.4 cm³/mol. The molecule has 2 unspecified atom stereocenters. The first-order chi connectivity index (χ1) is 8.17. The largest absolute Gasteiger partial charge is 0.310 e. The van der Waals surface area contributed by atoms with Crippen LogP contribution >= 0.6 is 0 Å². The Labute approximate surface area is 107 Å². The molecule has 2 fully saturated rings. The number of nitrogens with zero attached hydrogens (tertiary/aromatic N) is 1. The molecule has 0 radical (unpaired) electrons. The summed E-state index contributed by atoms with van der Waals surface area (Å²) in [5.41, 5.74) is 0.451. The Morgan fingerprint density at radius 1 is 1.29 bits per heavy atom. The van der Waals surface area contributed by atoms with Crippen molar-refractivity contribution in [1.29, 1.82) is 0 Å². The van der Waals surface area contributed by atoms with Gasteiger partial charge in [0.05, 0.1) is 0 Å². The van der Waals surface area contributed by atoms with Gasteiger partial charge in [-0.1, -0.05) is 26.2 Å². The van der Waals surface area contributed by atoms with E-state index in [9.17, 15) is 0 Å². The molecule has 0 amide bonds. The maximum atomic E-state index is 3.89. The fourth-order valence-electron chi connectivity index (χ4n) is 3.66. The van der Waals surface area contributed by atoms with Crippen LogP contribution in [-0.2, 0) is 0 Å². The Hall–Kier alpha value is -0.0800. The van der Waals surface area contributed by atoms with Gasteiger partial charge >= 0.3 is 0 Å². The molecular weight excluding hydrogens is 208 g/mol. The van der Waals surface area contributed by atoms with Crippen molar-refractivity contribution >= 4 is 0 Å². The van der Waals surface area contributed by atoms with Gasteiger partial charge in [-0.2, -0.15) is 0 Å². The summed E-state index contributed by atoms with van der Waals surface area (Å²) in [6.45, 7) is 9.63. The van der Waals surface area contributed by atoms with E-state index in [0.717, 1.165) is 12.1 Å². The first-order valence-electron chi connectivity index (χ1n) is 7.68. The monoisotopic (exact) mass is 238 g/mol. The zero-order valence-electron chi connectivity index (χ0n) is 12.0. The van der Waals surface area contributed by atoms with Gasteiger partial charge < -0.3 is 5.32 Å². The molecule has 2 nitrogen and oxygen atoms in total. The van der Waals surface area contributed by atoms with Crippen molar-refractivity contribution in [3.8, 4) is 0 Å². The van der Waals surface area contributed by atoms with Crippen LogP contribution in [0.4, 0.5) is 0 Å². The highest BCUT2D eigenvalue weighted by Crippen LogP contribution is 2.32. The van der Waals surface area contributed by atoms with Crippen LogP contribution in [0, 0.1) is 0 Å². The van der Waals surface area contributed by atoms with E-state index in [1.54, 1.807) is 0 Å². The topological polar surface area (TPSA) is 15.3 Å². The van der Waals surface area contributed by atoms with Crippen LogP contribution in [0.1, 0.15) is 65.7 Å². The summed E-state index contributed by atoms with van der Waals surface area (Å²) in [5, 5.41) is 3.89. The lowest BCUT2D eigenvalue weighted by Gasteiger charge is -2.43. The summed E-state index contributed by atoms with van der Waals surface area (Å²) in [5.74, 6) is 0. The molecule has 0 aromatic heterocycles. The highest BCUT2D eigenvalue weighted by Gasteiger charge is 2.37. The highest BCUT2D eigenvalue weighted by molar-refractivity contribution is 4.97. The van der Waals surface area contributed by atoms with E-state index >= 15 is 0 Å². The zero-order valence-corrected chi connectivity index (χ0v) is 12.0. The molecule has 1 N–H and O–H groups in total. The first-order valence-corrected chi connectivity index (χ1v) is 7.68. The Balaban J connectivity index is 2.08. The molecule has 1 aliphatic carbocycles. The minimum Gasteiger partial charge on any atom is -0.310 e. The van der Waals surface area contributed by atoms with Crippen LogP contribution in [0.2, 0.25) is 0 Å². The molecular formula is C15H30N2. The molecule has 17 heavy (non-hydrogen) atoms. The average Bonchev–Trinajstić information content (AvgIpc) is 2.50. The normalized spacial score (nSPS) is 32.3. The number of nitrogens with one attached hydrogen (secondary N) is 1. The molecule has 0 aromatic rings. The Kier molecular flexibility index (Phi) is 4.48. The first kappa shape index (κ1) is 13.4. The van der Waals surface area contributed by atoms with Gasteiger partial charge in [-0.3, -0.25) is 4.90 Å². The quantitative estimate of drug-likeness (QED) is 0.795. The van der Waals surface area contributed by atoms with E-state index in [2.05, 4.69) is 31.0 Å². The van der Waals surface area contributed by atoms with Crippen molar-refractivity contribution in [1.82, 2.24) is 10.2 Å². The van der Waals surface area contributed by atoms with Gasteiger partial charge in [-0.15, -0.1) is 0 Å². The maximum Gasteiger partial charge on any atom is 0.0309 e. The van der Waals surface area contributed by atoms with Crippen molar-refractivity contribution in [2.75, 3.05) is 13.1 Å². The lowest BCUT2D eigenvalue weighted by atomic mass is 9.81. The van der Waals surface area contributed by atoms with Crippen LogP contribution in [0.25, 0.3) is 0 Å². The summed E-state index contributed by atoms with van der Waals surface area (Å²) in [7, 11) is 0. The van der Waals surface area contributed by atoms with Crippen molar-refractivity contribution < 1.29 is 0 Å². The van der Waals surface area contributed by atoms with Crippen LogP contribution in [-0.4, -0.2) is 35.6 Å². The second-order valence-corrected chi connectivity index (χ2v) is 6.34. The van der Waals surface area contributed by atoms with Gasteiger partial charge in [0.2, 0.25) is 0 Å². The standard InChI is InChI=1S/C15H30N2/c1-4-13(2)17-12-15(9-6-5-7-10-15)16-11-8-14(17)3/h13-14,16H,4-12H2,1-3H3. The SMILES string of the molecule is CCC(C)N1CC2(CCCCC2)NCCC1C. The molecule has 1 saturated carbocycles. The summed E-state index contributed by atoms with van der Waals surface area (Å²) in [6.07, 6.45) is 9.68. The molecule has 0 bridgehead atoms. The van der Waals surface area contributed by atoms with Crippen molar-refractivity contribution in [2.24, 2.45) is 0 Å². The van der Waals surface area contributed by atoms with Crippen molar-refractivity contribution in [3.63, 3.8) is 0 Å². The van der Waals surface area contributed by atoms with Gasteiger partial charge in [0, 0.05) is 24.2 Å². The molecule has 2 heteroatoms. The zero-order chi connectivity index (χ0) is 12.3. The minimum atomic E-state index is 0.451. The fraction of sp³-hybridized carbons (Fsp3) is 1.00. The molecule has 2 atom stereocenters. The second kappa shape index (κ2) is 5.71. The molecule has 2 aliphatic rings. The van der Waals surface area contributed by atoms with Crippen molar-refractivity contribution in [2.45, 2.75) is 83.3 Å². The van der Waals surface area contributed by atoms with Gasteiger partial charge in [0.15, 0.2) is 0 Å². The molecule has 100 valence electrons. The number of rotatable bonds is 2. The smallest absolute Gasteiger partial charge is 0.0309 e. The van der Waals surface area contributed by atoms with E-state index in [-0.39, 0.29) is 0 Å². The summed E-state index contributed by atoms with van der Waals surface area (Å²) in [6, 6.07) is 1.49. The van der Waals surface area contributed by atoms with E-state index in [1.807, 2.05) is 0 Å². The van der Waals surface area contributed by atoms with Gasteiger partial charge in [0.25, 0.3) is 0 Å². The van der Waals surface area contributed by atoms with E-state index in [0.29, 0.717) is 5.54 Å². The molecule has 2 rings (SSSR count). The van der Waals surface area contributed by atoms with E-state index < -0.39 is 0 Å². The minimum absolute atomic E-state index is 0.451. The molecule has 1 spiro atoms. The summed E-state index contributed by atoms with van der Waals surface area (Å²) >= 11 is 0. The summed E-state index contributed by atoms with van der Waals surface area (Å²) in [4.78, 5) is 2.77. The molecule has 1 heterocycles. The molecule has 1 aliphatic heterocycles. The van der Waals surface area contributed by atoms with Gasteiger partial charge in [-0.25, -0.2) is 0 Å². The lowest BCUT2D eigenvalue weighted by molar-refractivity contribution is 0.100. The third-order valence-electron chi connectivity index (χ3n) is 5.08. The van der Waals surface area contributed by atoms with Crippen LogP contribution < -0.4 is 5.32 Å².